The molecule has 2 N–H and O–H groups in total. The van der Waals surface area contributed by atoms with Crippen LogP contribution in [0.3, 0.4) is 0 Å². The molecule has 1 fully saturated rings. The van der Waals surface area contributed by atoms with Gasteiger partial charge in [-0.15, -0.1) is 0 Å². The molecule has 1 aliphatic heterocycles. The molecule has 1 aromatic rings. The van der Waals surface area contributed by atoms with Crippen LogP contribution in [-0.2, 0) is 16.0 Å². The summed E-state index contributed by atoms with van der Waals surface area (Å²) in [6, 6.07) is 9.96. The summed E-state index contributed by atoms with van der Waals surface area (Å²) in [7, 11) is 0. The zero-order valence-electron chi connectivity index (χ0n) is 13.0. The first-order valence-electron chi connectivity index (χ1n) is 7.83. The first kappa shape index (κ1) is 16.5. The summed E-state index contributed by atoms with van der Waals surface area (Å²) in [4.78, 5) is 25.9. The molecule has 0 aliphatic carbocycles. The van der Waals surface area contributed by atoms with Crippen LogP contribution in [0.1, 0.15) is 25.3 Å². The lowest BCUT2D eigenvalue weighted by Crippen LogP contribution is -2.39. The van der Waals surface area contributed by atoms with Crippen LogP contribution in [0, 0.1) is 5.92 Å². The fraction of sp³-hybridized carbons (Fsp3) is 0.529. The molecule has 0 saturated carbocycles. The van der Waals surface area contributed by atoms with E-state index in [-0.39, 0.29) is 36.8 Å². The maximum Gasteiger partial charge on any atom is 0.225 e. The average Bonchev–Trinajstić information content (AvgIpc) is 2.88. The lowest BCUT2D eigenvalue weighted by atomic mass is 10.1. The first-order valence-corrected chi connectivity index (χ1v) is 7.83. The van der Waals surface area contributed by atoms with Gasteiger partial charge in [-0.05, 0) is 25.3 Å². The normalized spacial score (nSPS) is 19.3. The summed E-state index contributed by atoms with van der Waals surface area (Å²) < 4.78 is 0. The van der Waals surface area contributed by atoms with Crippen LogP contribution < -0.4 is 5.32 Å². The van der Waals surface area contributed by atoms with Gasteiger partial charge in [0.25, 0.3) is 0 Å². The lowest BCUT2D eigenvalue weighted by molar-refractivity contribution is -0.129. The van der Waals surface area contributed by atoms with Crippen molar-refractivity contribution in [3.8, 4) is 0 Å². The number of amides is 2. The predicted molar refractivity (Wildman–Crippen MR) is 84.1 cm³/mol. The van der Waals surface area contributed by atoms with Crippen molar-refractivity contribution in [2.45, 2.75) is 32.2 Å². The van der Waals surface area contributed by atoms with Crippen molar-refractivity contribution in [2.24, 2.45) is 5.92 Å². The number of carbonyl (C=O) groups is 2. The van der Waals surface area contributed by atoms with Gasteiger partial charge < -0.3 is 15.3 Å². The quantitative estimate of drug-likeness (QED) is 0.788. The summed E-state index contributed by atoms with van der Waals surface area (Å²) in [5, 5.41) is 11.7. The number of hydrogen-bond donors (Lipinski definition) is 2. The Morgan fingerprint density at radius 2 is 2.14 bits per heavy atom. The molecule has 0 bridgehead atoms. The molecule has 2 atom stereocenters. The Bertz CT molecular complexity index is 504. The second kappa shape index (κ2) is 7.94. The van der Waals surface area contributed by atoms with Gasteiger partial charge in [0.05, 0.1) is 5.92 Å². The van der Waals surface area contributed by atoms with Crippen LogP contribution in [-0.4, -0.2) is 47.6 Å². The lowest BCUT2D eigenvalue weighted by Gasteiger charge is -2.18. The molecular weight excluding hydrogens is 280 g/mol. The summed E-state index contributed by atoms with van der Waals surface area (Å²) >= 11 is 0. The molecule has 1 heterocycles. The number of likely N-dealkylation sites (tertiary alicyclic amines) is 1. The van der Waals surface area contributed by atoms with Gasteiger partial charge in [-0.3, -0.25) is 9.59 Å². The Hall–Kier alpha value is -1.88. The van der Waals surface area contributed by atoms with E-state index >= 15 is 0 Å². The highest BCUT2D eigenvalue weighted by Gasteiger charge is 2.34. The molecule has 1 aliphatic rings. The van der Waals surface area contributed by atoms with E-state index in [9.17, 15) is 9.59 Å². The minimum atomic E-state index is -0.274. The Labute approximate surface area is 131 Å². The number of hydrogen-bond acceptors (Lipinski definition) is 3. The van der Waals surface area contributed by atoms with E-state index in [1.54, 1.807) is 4.90 Å². The fourth-order valence-electron chi connectivity index (χ4n) is 2.70. The summed E-state index contributed by atoms with van der Waals surface area (Å²) in [5.41, 5.74) is 1.19. The van der Waals surface area contributed by atoms with Gasteiger partial charge in [-0.25, -0.2) is 0 Å². The maximum absolute atomic E-state index is 12.1. The third-order valence-corrected chi connectivity index (χ3v) is 4.05. The van der Waals surface area contributed by atoms with Crippen molar-refractivity contribution in [1.29, 1.82) is 0 Å². The number of aliphatic hydroxyl groups excluding tert-OH is 1. The van der Waals surface area contributed by atoms with Crippen LogP contribution in [0.25, 0.3) is 0 Å². The van der Waals surface area contributed by atoms with Crippen LogP contribution in [0.2, 0.25) is 0 Å². The zero-order valence-corrected chi connectivity index (χ0v) is 13.0. The predicted octanol–water partition coefficient (Wildman–Crippen LogP) is 0.965. The van der Waals surface area contributed by atoms with Crippen LogP contribution in [0.5, 0.6) is 0 Å². The number of carbonyl (C=O) groups excluding carboxylic acids is 2. The Morgan fingerprint density at radius 3 is 2.82 bits per heavy atom. The van der Waals surface area contributed by atoms with Gasteiger partial charge in [0.2, 0.25) is 11.8 Å². The number of aliphatic hydroxyl groups is 1. The molecule has 120 valence electrons. The minimum Gasteiger partial charge on any atom is -0.396 e. The zero-order chi connectivity index (χ0) is 15.9. The standard InChI is InChI=1S/C17H24N2O3/c1-13(8-10-20)18-17(22)15-11-16(21)19(12-15)9-7-14-5-3-2-4-6-14/h2-6,13,15,20H,7-12H2,1H3,(H,18,22). The van der Waals surface area contributed by atoms with Crippen LogP contribution >= 0.6 is 0 Å². The number of benzene rings is 1. The van der Waals surface area contributed by atoms with E-state index in [1.807, 2.05) is 37.3 Å². The molecular formula is C17H24N2O3. The maximum atomic E-state index is 12.1. The minimum absolute atomic E-state index is 0.0471. The number of nitrogens with zero attached hydrogens (tertiary/aromatic N) is 1. The second-order valence-corrected chi connectivity index (χ2v) is 5.90. The molecule has 1 aromatic carbocycles. The van der Waals surface area contributed by atoms with Crippen molar-refractivity contribution in [3.05, 3.63) is 35.9 Å². The van der Waals surface area contributed by atoms with Gasteiger partial charge >= 0.3 is 0 Å². The molecule has 1 saturated heterocycles. The van der Waals surface area contributed by atoms with Crippen molar-refractivity contribution in [1.82, 2.24) is 10.2 Å². The van der Waals surface area contributed by atoms with Crippen LogP contribution in [0.4, 0.5) is 0 Å². The molecule has 2 amide bonds. The smallest absolute Gasteiger partial charge is 0.225 e. The van der Waals surface area contributed by atoms with E-state index in [0.717, 1.165) is 6.42 Å². The molecule has 22 heavy (non-hydrogen) atoms. The van der Waals surface area contributed by atoms with Crippen molar-refractivity contribution < 1.29 is 14.7 Å². The van der Waals surface area contributed by atoms with Gasteiger partial charge in [0, 0.05) is 32.2 Å². The summed E-state index contributed by atoms with van der Waals surface area (Å²) in [6.45, 7) is 3.05. The third-order valence-electron chi connectivity index (χ3n) is 4.05. The molecule has 0 spiro atoms. The average molecular weight is 304 g/mol. The van der Waals surface area contributed by atoms with Crippen molar-refractivity contribution in [2.75, 3.05) is 19.7 Å². The molecule has 0 radical (unpaired) electrons. The molecule has 5 nitrogen and oxygen atoms in total. The largest absolute Gasteiger partial charge is 0.396 e. The fourth-order valence-corrected chi connectivity index (χ4v) is 2.70. The Balaban J connectivity index is 1.81. The monoisotopic (exact) mass is 304 g/mol. The summed E-state index contributed by atoms with van der Waals surface area (Å²) in [6.07, 6.45) is 1.62. The molecule has 2 unspecified atom stereocenters. The third kappa shape index (κ3) is 4.56. The van der Waals surface area contributed by atoms with Crippen LogP contribution in [0.15, 0.2) is 30.3 Å². The van der Waals surface area contributed by atoms with Gasteiger partial charge in [0.15, 0.2) is 0 Å². The molecule has 2 rings (SSSR count). The van der Waals surface area contributed by atoms with E-state index in [4.69, 9.17) is 5.11 Å². The Kier molecular flexibility index (Phi) is 5.95. The highest BCUT2D eigenvalue weighted by Crippen LogP contribution is 2.18. The van der Waals surface area contributed by atoms with E-state index in [0.29, 0.717) is 19.5 Å². The Morgan fingerprint density at radius 1 is 1.41 bits per heavy atom. The highest BCUT2D eigenvalue weighted by atomic mass is 16.3. The van der Waals surface area contributed by atoms with Crippen molar-refractivity contribution >= 4 is 11.8 Å². The second-order valence-electron chi connectivity index (χ2n) is 5.90. The van der Waals surface area contributed by atoms with Crippen molar-refractivity contribution in [3.63, 3.8) is 0 Å². The van der Waals surface area contributed by atoms with E-state index < -0.39 is 0 Å². The van der Waals surface area contributed by atoms with Gasteiger partial charge in [0.1, 0.15) is 0 Å². The number of rotatable bonds is 7. The highest BCUT2D eigenvalue weighted by molar-refractivity contribution is 5.89. The molecule has 5 heteroatoms. The van der Waals surface area contributed by atoms with Gasteiger partial charge in [-0.1, -0.05) is 30.3 Å². The first-order chi connectivity index (χ1) is 10.6. The topological polar surface area (TPSA) is 69.6 Å². The van der Waals surface area contributed by atoms with Gasteiger partial charge in [-0.2, -0.15) is 0 Å². The van der Waals surface area contributed by atoms with E-state index in [1.165, 1.54) is 5.56 Å². The summed E-state index contributed by atoms with van der Waals surface area (Å²) in [5.74, 6) is -0.313. The SMILES string of the molecule is CC(CCO)NC(=O)C1CC(=O)N(CCc2ccccc2)C1. The number of nitrogens with one attached hydrogen (secondary N) is 1. The molecule has 0 aromatic heterocycles. The van der Waals surface area contributed by atoms with E-state index in [2.05, 4.69) is 5.32 Å².